The Morgan fingerprint density at radius 3 is 2.28 bits per heavy atom. The van der Waals surface area contributed by atoms with Crippen LogP contribution in [-0.2, 0) is 19.1 Å². The fourth-order valence-electron chi connectivity index (χ4n) is 5.16. The normalized spacial score (nSPS) is 32.0. The van der Waals surface area contributed by atoms with E-state index in [4.69, 9.17) is 4.74 Å². The highest BCUT2D eigenvalue weighted by atomic mass is 16.5. The minimum Gasteiger partial charge on any atom is -0.379 e. The second-order valence-electron chi connectivity index (χ2n) is 10.4. The molecular formula is C23H38N2O4. The van der Waals surface area contributed by atoms with Crippen molar-refractivity contribution in [3.63, 3.8) is 0 Å². The zero-order valence-electron chi connectivity index (χ0n) is 19.3. The first-order valence-electron chi connectivity index (χ1n) is 10.4. The van der Waals surface area contributed by atoms with Gasteiger partial charge in [-0.2, -0.15) is 0 Å². The van der Waals surface area contributed by atoms with Crippen LogP contribution in [0, 0.1) is 22.2 Å². The quantitative estimate of drug-likeness (QED) is 0.627. The predicted octanol–water partition coefficient (Wildman–Crippen LogP) is 2.61. The number of likely N-dealkylation sites (tertiary alicyclic amines) is 1. The van der Waals surface area contributed by atoms with Gasteiger partial charge in [-0.1, -0.05) is 40.7 Å². The second kappa shape index (κ2) is 7.95. The molecule has 1 saturated carbocycles. The van der Waals surface area contributed by atoms with E-state index in [9.17, 15) is 14.4 Å². The van der Waals surface area contributed by atoms with E-state index in [0.717, 1.165) is 0 Å². The summed E-state index contributed by atoms with van der Waals surface area (Å²) >= 11 is 0. The number of carbonyl (C=O) groups excluding carboxylic acids is 3. The topological polar surface area (TPSA) is 75.7 Å². The molecule has 2 fully saturated rings. The van der Waals surface area contributed by atoms with Crippen LogP contribution in [0.2, 0.25) is 0 Å². The van der Waals surface area contributed by atoms with Gasteiger partial charge in [-0.05, 0) is 31.7 Å². The molecule has 1 aliphatic carbocycles. The molecule has 2 rings (SSSR count). The third-order valence-electron chi connectivity index (χ3n) is 7.09. The summed E-state index contributed by atoms with van der Waals surface area (Å²) in [4.78, 5) is 41.1. The van der Waals surface area contributed by atoms with Crippen LogP contribution in [0.25, 0.3) is 0 Å². The van der Waals surface area contributed by atoms with Crippen LogP contribution in [0.3, 0.4) is 0 Å². The second-order valence-corrected chi connectivity index (χ2v) is 10.4. The summed E-state index contributed by atoms with van der Waals surface area (Å²) in [6, 6.07) is -1.05. The highest BCUT2D eigenvalue weighted by molar-refractivity contribution is 5.97. The van der Waals surface area contributed by atoms with E-state index in [2.05, 4.69) is 11.9 Å². The van der Waals surface area contributed by atoms with Gasteiger partial charge in [-0.3, -0.25) is 14.4 Å². The summed E-state index contributed by atoms with van der Waals surface area (Å²) in [5.41, 5.74) is -1.50. The SMILES string of the molecule is C=C[C@@H]1C[C@]1(CC(=O)[C@H]1N(C(=O)[C@@H](NC)C(C)(C)C)C[C@H](OC)C1(C)C)C(C)=O. The molecule has 0 aromatic heterocycles. The Kier molecular flexibility index (Phi) is 6.51. The molecule has 1 amide bonds. The predicted molar refractivity (Wildman–Crippen MR) is 113 cm³/mol. The smallest absolute Gasteiger partial charge is 0.240 e. The average Bonchev–Trinajstić information content (AvgIpc) is 3.23. The van der Waals surface area contributed by atoms with Crippen molar-refractivity contribution in [1.82, 2.24) is 10.2 Å². The molecule has 0 radical (unpaired) electrons. The van der Waals surface area contributed by atoms with E-state index in [-0.39, 0.29) is 41.3 Å². The van der Waals surface area contributed by atoms with Crippen LogP contribution in [0.4, 0.5) is 0 Å². The Bertz CT molecular complexity index is 693. The van der Waals surface area contributed by atoms with Crippen molar-refractivity contribution in [2.75, 3.05) is 20.7 Å². The third kappa shape index (κ3) is 4.06. The lowest BCUT2D eigenvalue weighted by atomic mass is 9.77. The summed E-state index contributed by atoms with van der Waals surface area (Å²) in [5.74, 6) is -0.101. The number of Topliss-reactive ketones (excluding diaryl/α,β-unsaturated/α-hetero) is 2. The molecule has 1 N–H and O–H groups in total. The first kappa shape index (κ1) is 23.7. The van der Waals surface area contributed by atoms with Crippen molar-refractivity contribution in [3.05, 3.63) is 12.7 Å². The van der Waals surface area contributed by atoms with Gasteiger partial charge in [0.1, 0.15) is 5.78 Å². The maximum absolute atomic E-state index is 13.6. The number of hydrogen-bond acceptors (Lipinski definition) is 5. The molecule has 0 spiro atoms. The number of methoxy groups -OCH3 is 1. The monoisotopic (exact) mass is 406 g/mol. The number of rotatable bonds is 8. The standard InChI is InChI=1S/C23H38N2O4/c1-10-15-11-23(15,14(2)26)12-16(27)19-22(6,7)17(29-9)13-25(19)20(28)18(24-8)21(3,4)5/h10,15,17-19,24H,1,11-13H2,2-9H3/t15-,17+,18-,19-,23+/m1/s1. The van der Waals surface area contributed by atoms with Crippen molar-refractivity contribution < 1.29 is 19.1 Å². The summed E-state index contributed by atoms with van der Waals surface area (Å²) in [6.45, 7) is 15.7. The highest BCUT2D eigenvalue weighted by Gasteiger charge is 2.61. The first-order valence-corrected chi connectivity index (χ1v) is 10.4. The number of nitrogens with zero attached hydrogens (tertiary/aromatic N) is 1. The number of allylic oxidation sites excluding steroid dienone is 1. The highest BCUT2D eigenvalue weighted by Crippen LogP contribution is 2.57. The van der Waals surface area contributed by atoms with Gasteiger partial charge in [0.15, 0.2) is 5.78 Å². The van der Waals surface area contributed by atoms with Gasteiger partial charge in [-0.25, -0.2) is 0 Å². The lowest BCUT2D eigenvalue weighted by Crippen LogP contribution is -2.56. The van der Waals surface area contributed by atoms with Gasteiger partial charge in [0.05, 0.1) is 18.2 Å². The van der Waals surface area contributed by atoms with Crippen molar-refractivity contribution >= 4 is 17.5 Å². The number of carbonyl (C=O) groups is 3. The minimum atomic E-state index is -0.652. The van der Waals surface area contributed by atoms with E-state index in [0.29, 0.717) is 13.0 Å². The van der Waals surface area contributed by atoms with Gasteiger partial charge in [-0.15, -0.1) is 6.58 Å². The number of nitrogens with one attached hydrogen (secondary N) is 1. The van der Waals surface area contributed by atoms with E-state index >= 15 is 0 Å². The molecule has 1 aliphatic heterocycles. The molecule has 6 nitrogen and oxygen atoms in total. The van der Waals surface area contributed by atoms with E-state index in [1.54, 1.807) is 32.1 Å². The van der Waals surface area contributed by atoms with Crippen molar-refractivity contribution in [2.24, 2.45) is 22.2 Å². The van der Waals surface area contributed by atoms with Gasteiger partial charge in [0.2, 0.25) is 5.91 Å². The van der Waals surface area contributed by atoms with Crippen LogP contribution in [-0.4, -0.2) is 61.3 Å². The van der Waals surface area contributed by atoms with Gasteiger partial charge in [0, 0.05) is 30.9 Å². The molecular weight excluding hydrogens is 368 g/mol. The molecule has 5 atom stereocenters. The molecule has 0 aromatic rings. The molecule has 2 aliphatic rings. The van der Waals surface area contributed by atoms with E-state index in [1.165, 1.54) is 0 Å². The molecule has 1 saturated heterocycles. The van der Waals surface area contributed by atoms with Crippen molar-refractivity contribution in [2.45, 2.75) is 72.6 Å². The van der Waals surface area contributed by atoms with Gasteiger partial charge >= 0.3 is 0 Å². The summed E-state index contributed by atoms with van der Waals surface area (Å²) < 4.78 is 5.67. The van der Waals surface area contributed by atoms with Crippen molar-refractivity contribution in [1.29, 1.82) is 0 Å². The Morgan fingerprint density at radius 1 is 1.31 bits per heavy atom. The molecule has 0 unspecified atom stereocenters. The molecule has 1 heterocycles. The number of amides is 1. The van der Waals surface area contributed by atoms with Crippen LogP contribution < -0.4 is 5.32 Å². The van der Waals surface area contributed by atoms with Crippen LogP contribution in [0.5, 0.6) is 0 Å². The molecule has 164 valence electrons. The van der Waals surface area contributed by atoms with Gasteiger partial charge in [0.25, 0.3) is 0 Å². The minimum absolute atomic E-state index is 0.0236. The summed E-state index contributed by atoms with van der Waals surface area (Å²) in [6.07, 6.45) is 2.33. The van der Waals surface area contributed by atoms with Crippen LogP contribution in [0.1, 0.15) is 54.4 Å². The molecule has 0 aromatic carbocycles. The Hall–Kier alpha value is -1.53. The lowest BCUT2D eigenvalue weighted by Gasteiger charge is -2.37. The van der Waals surface area contributed by atoms with E-state index < -0.39 is 22.9 Å². The molecule has 0 bridgehead atoms. The fourth-order valence-corrected chi connectivity index (χ4v) is 5.16. The number of ketones is 2. The largest absolute Gasteiger partial charge is 0.379 e. The Labute approximate surface area is 175 Å². The summed E-state index contributed by atoms with van der Waals surface area (Å²) in [7, 11) is 3.39. The average molecular weight is 407 g/mol. The van der Waals surface area contributed by atoms with Crippen molar-refractivity contribution in [3.8, 4) is 0 Å². The molecule has 29 heavy (non-hydrogen) atoms. The number of hydrogen-bond donors (Lipinski definition) is 1. The Balaban J connectivity index is 2.38. The maximum Gasteiger partial charge on any atom is 0.240 e. The first-order chi connectivity index (χ1) is 13.3. The molecule has 6 heteroatoms. The zero-order chi connectivity index (χ0) is 22.4. The zero-order valence-corrected chi connectivity index (χ0v) is 19.3. The number of ether oxygens (including phenoxy) is 1. The summed E-state index contributed by atoms with van der Waals surface area (Å²) in [5, 5.41) is 3.12. The van der Waals surface area contributed by atoms with E-state index in [1.807, 2.05) is 34.6 Å². The fraction of sp³-hybridized carbons (Fsp3) is 0.783. The number of likely N-dealkylation sites (N-methyl/N-ethyl adjacent to an activating group) is 1. The van der Waals surface area contributed by atoms with Gasteiger partial charge < -0.3 is 15.0 Å². The van der Waals surface area contributed by atoms with Crippen LogP contribution in [0.15, 0.2) is 12.7 Å². The lowest BCUT2D eigenvalue weighted by molar-refractivity contribution is -0.144. The van der Waals surface area contributed by atoms with Crippen LogP contribution >= 0.6 is 0 Å². The third-order valence-corrected chi connectivity index (χ3v) is 7.09. The maximum atomic E-state index is 13.6. The Morgan fingerprint density at radius 2 is 1.90 bits per heavy atom.